The van der Waals surface area contributed by atoms with Crippen LogP contribution in [0.3, 0.4) is 0 Å². The van der Waals surface area contributed by atoms with E-state index in [1.54, 1.807) is 0 Å². The van der Waals surface area contributed by atoms with Gasteiger partial charge in [-0.15, -0.1) is 0 Å². The van der Waals surface area contributed by atoms with Gasteiger partial charge < -0.3 is 15.7 Å². The zero-order chi connectivity index (χ0) is 15.2. The number of hydrogen-bond donors (Lipinski definition) is 3. The summed E-state index contributed by atoms with van der Waals surface area (Å²) in [4.78, 5) is 23.3. The highest BCUT2D eigenvalue weighted by Gasteiger charge is 2.38. The number of rotatable bonds is 7. The van der Waals surface area contributed by atoms with Gasteiger partial charge in [-0.25, -0.2) is 0 Å². The standard InChI is InChI=1S/C16H22N2O3/c1-11-7-14(11)16(21)17-6-5-15(20)18-9-12-3-2-4-13(8-12)10-19/h2-4,8,11,14,19H,5-7,9-10H2,1H3,(H,17,21)(H,18,20). The van der Waals surface area contributed by atoms with Crippen molar-refractivity contribution in [3.05, 3.63) is 35.4 Å². The molecule has 0 aromatic heterocycles. The van der Waals surface area contributed by atoms with E-state index in [0.717, 1.165) is 17.5 Å². The molecular weight excluding hydrogens is 268 g/mol. The minimum atomic E-state index is -0.0893. The Bertz CT molecular complexity index is 516. The summed E-state index contributed by atoms with van der Waals surface area (Å²) in [5, 5.41) is 14.6. The summed E-state index contributed by atoms with van der Waals surface area (Å²) in [6, 6.07) is 7.44. The number of aliphatic hydroxyl groups is 1. The maximum Gasteiger partial charge on any atom is 0.223 e. The quantitative estimate of drug-likeness (QED) is 0.700. The van der Waals surface area contributed by atoms with Crippen LogP contribution in [-0.4, -0.2) is 23.5 Å². The Kier molecular flexibility index (Phi) is 5.33. The van der Waals surface area contributed by atoms with Gasteiger partial charge in [0.1, 0.15) is 0 Å². The van der Waals surface area contributed by atoms with Crippen molar-refractivity contribution in [2.45, 2.75) is 32.9 Å². The Balaban J connectivity index is 1.64. The van der Waals surface area contributed by atoms with Gasteiger partial charge in [-0.2, -0.15) is 0 Å². The largest absolute Gasteiger partial charge is 0.392 e. The van der Waals surface area contributed by atoms with E-state index in [-0.39, 0.29) is 30.8 Å². The molecular formula is C16H22N2O3. The van der Waals surface area contributed by atoms with E-state index in [9.17, 15) is 9.59 Å². The van der Waals surface area contributed by atoms with Gasteiger partial charge in [0.2, 0.25) is 11.8 Å². The second kappa shape index (κ2) is 7.22. The molecule has 1 fully saturated rings. The highest BCUT2D eigenvalue weighted by Crippen LogP contribution is 2.37. The van der Waals surface area contributed by atoms with E-state index in [1.807, 2.05) is 24.3 Å². The van der Waals surface area contributed by atoms with Crippen LogP contribution in [0.15, 0.2) is 24.3 Å². The van der Waals surface area contributed by atoms with Gasteiger partial charge in [-0.05, 0) is 23.5 Å². The fourth-order valence-corrected chi connectivity index (χ4v) is 2.24. The third kappa shape index (κ3) is 4.86. The maximum absolute atomic E-state index is 11.7. The van der Waals surface area contributed by atoms with Crippen molar-refractivity contribution in [3.63, 3.8) is 0 Å². The van der Waals surface area contributed by atoms with Crippen LogP contribution >= 0.6 is 0 Å². The molecule has 1 aromatic carbocycles. The topological polar surface area (TPSA) is 78.4 Å². The smallest absolute Gasteiger partial charge is 0.223 e. The molecule has 5 nitrogen and oxygen atoms in total. The molecule has 0 spiro atoms. The molecule has 21 heavy (non-hydrogen) atoms. The molecule has 2 atom stereocenters. The Morgan fingerprint density at radius 2 is 2.00 bits per heavy atom. The van der Waals surface area contributed by atoms with Crippen LogP contribution < -0.4 is 10.6 Å². The lowest BCUT2D eigenvalue weighted by molar-refractivity contribution is -0.123. The first-order valence-electron chi connectivity index (χ1n) is 7.33. The van der Waals surface area contributed by atoms with Gasteiger partial charge in [0.15, 0.2) is 0 Å². The monoisotopic (exact) mass is 290 g/mol. The number of nitrogens with one attached hydrogen (secondary N) is 2. The molecule has 1 aliphatic rings. The summed E-state index contributed by atoms with van der Waals surface area (Å²) < 4.78 is 0. The summed E-state index contributed by atoms with van der Waals surface area (Å²) in [6.45, 7) is 2.86. The molecule has 0 saturated heterocycles. The van der Waals surface area contributed by atoms with Crippen molar-refractivity contribution in [1.82, 2.24) is 10.6 Å². The zero-order valence-corrected chi connectivity index (χ0v) is 12.3. The predicted molar refractivity (Wildman–Crippen MR) is 79.1 cm³/mol. The number of aliphatic hydroxyl groups excluding tert-OH is 1. The van der Waals surface area contributed by atoms with Gasteiger partial charge in [-0.1, -0.05) is 31.2 Å². The second-order valence-corrected chi connectivity index (χ2v) is 5.62. The number of carbonyl (C=O) groups is 2. The lowest BCUT2D eigenvalue weighted by atomic mass is 10.1. The lowest BCUT2D eigenvalue weighted by Crippen LogP contribution is -2.31. The molecule has 3 N–H and O–H groups in total. The Morgan fingerprint density at radius 3 is 2.67 bits per heavy atom. The van der Waals surface area contributed by atoms with Crippen molar-refractivity contribution in [2.24, 2.45) is 11.8 Å². The molecule has 1 aromatic rings. The first-order valence-corrected chi connectivity index (χ1v) is 7.33. The fourth-order valence-electron chi connectivity index (χ4n) is 2.24. The van der Waals surface area contributed by atoms with E-state index < -0.39 is 0 Å². The van der Waals surface area contributed by atoms with Crippen LogP contribution in [0.1, 0.15) is 30.9 Å². The van der Waals surface area contributed by atoms with E-state index in [0.29, 0.717) is 19.0 Å². The van der Waals surface area contributed by atoms with Crippen molar-refractivity contribution >= 4 is 11.8 Å². The molecule has 5 heteroatoms. The van der Waals surface area contributed by atoms with Crippen LogP contribution in [0, 0.1) is 11.8 Å². The average Bonchev–Trinajstić information content (AvgIpc) is 3.22. The average molecular weight is 290 g/mol. The third-order valence-electron chi connectivity index (χ3n) is 3.76. The second-order valence-electron chi connectivity index (χ2n) is 5.62. The normalized spacial score (nSPS) is 19.9. The highest BCUT2D eigenvalue weighted by molar-refractivity contribution is 5.82. The molecule has 0 heterocycles. The molecule has 0 aliphatic heterocycles. The van der Waals surface area contributed by atoms with Gasteiger partial charge >= 0.3 is 0 Å². The van der Waals surface area contributed by atoms with E-state index >= 15 is 0 Å². The molecule has 2 amide bonds. The van der Waals surface area contributed by atoms with Crippen LogP contribution in [0.5, 0.6) is 0 Å². The summed E-state index contributed by atoms with van der Waals surface area (Å²) in [7, 11) is 0. The first-order chi connectivity index (χ1) is 10.1. The van der Waals surface area contributed by atoms with E-state index in [4.69, 9.17) is 5.11 Å². The molecule has 1 aliphatic carbocycles. The Labute approximate surface area is 124 Å². The first kappa shape index (κ1) is 15.5. The fraction of sp³-hybridized carbons (Fsp3) is 0.500. The number of carbonyl (C=O) groups excluding carboxylic acids is 2. The van der Waals surface area contributed by atoms with Gasteiger partial charge in [0, 0.05) is 25.4 Å². The van der Waals surface area contributed by atoms with Crippen molar-refractivity contribution < 1.29 is 14.7 Å². The summed E-state index contributed by atoms with van der Waals surface area (Å²) in [6.07, 6.45) is 1.24. The zero-order valence-electron chi connectivity index (χ0n) is 12.3. The lowest BCUT2D eigenvalue weighted by Gasteiger charge is -2.07. The number of amides is 2. The molecule has 0 radical (unpaired) electrons. The molecule has 2 rings (SSSR count). The Morgan fingerprint density at radius 1 is 1.29 bits per heavy atom. The molecule has 0 bridgehead atoms. The SMILES string of the molecule is CC1CC1C(=O)NCCC(=O)NCc1cccc(CO)c1. The third-order valence-corrected chi connectivity index (χ3v) is 3.76. The van der Waals surface area contributed by atoms with Crippen molar-refractivity contribution in [2.75, 3.05) is 6.54 Å². The molecule has 114 valence electrons. The minimum Gasteiger partial charge on any atom is -0.392 e. The summed E-state index contributed by atoms with van der Waals surface area (Å²) in [5.41, 5.74) is 1.78. The predicted octanol–water partition coefficient (Wildman–Crippen LogP) is 0.957. The van der Waals surface area contributed by atoms with Crippen LogP contribution in [0.25, 0.3) is 0 Å². The van der Waals surface area contributed by atoms with Crippen molar-refractivity contribution in [1.29, 1.82) is 0 Å². The number of benzene rings is 1. The summed E-state index contributed by atoms with van der Waals surface area (Å²) >= 11 is 0. The number of hydrogen-bond acceptors (Lipinski definition) is 3. The van der Waals surface area contributed by atoms with E-state index in [2.05, 4.69) is 17.6 Å². The van der Waals surface area contributed by atoms with E-state index in [1.165, 1.54) is 0 Å². The Hall–Kier alpha value is -1.88. The minimum absolute atomic E-state index is 0.00654. The van der Waals surface area contributed by atoms with Crippen LogP contribution in [0.4, 0.5) is 0 Å². The van der Waals surface area contributed by atoms with Gasteiger partial charge in [0.25, 0.3) is 0 Å². The van der Waals surface area contributed by atoms with Gasteiger partial charge in [0.05, 0.1) is 6.61 Å². The van der Waals surface area contributed by atoms with Crippen LogP contribution in [0.2, 0.25) is 0 Å². The summed E-state index contributed by atoms with van der Waals surface area (Å²) in [5.74, 6) is 0.603. The molecule has 1 saturated carbocycles. The maximum atomic E-state index is 11.7. The highest BCUT2D eigenvalue weighted by atomic mass is 16.3. The van der Waals surface area contributed by atoms with Crippen LogP contribution in [-0.2, 0) is 22.7 Å². The van der Waals surface area contributed by atoms with Crippen molar-refractivity contribution in [3.8, 4) is 0 Å². The van der Waals surface area contributed by atoms with Gasteiger partial charge in [-0.3, -0.25) is 9.59 Å². The molecule has 2 unspecified atom stereocenters.